The number of nitrogens with zero attached hydrogens (tertiary/aromatic N) is 2. The smallest absolute Gasteiger partial charge is 0.262 e. The Kier molecular flexibility index (Phi) is 4.76. The second-order valence-electron chi connectivity index (χ2n) is 4.05. The summed E-state index contributed by atoms with van der Waals surface area (Å²) < 4.78 is 1.63. The minimum Gasteiger partial charge on any atom is -0.396 e. The van der Waals surface area contributed by atoms with Crippen LogP contribution in [0.5, 0.6) is 0 Å². The number of hydrogen-bond acceptors (Lipinski definition) is 4. The van der Waals surface area contributed by atoms with Gasteiger partial charge in [0, 0.05) is 18.9 Å². The molecule has 0 saturated carbocycles. The number of para-hydroxylation sites is 1. The minimum absolute atomic E-state index is 0.0504. The molecule has 5 heteroatoms. The maximum absolute atomic E-state index is 12.4. The molecule has 2 rings (SSSR count). The summed E-state index contributed by atoms with van der Waals surface area (Å²) in [6.45, 7) is 4.22. The van der Waals surface area contributed by atoms with Gasteiger partial charge in [-0.1, -0.05) is 30.0 Å². The van der Waals surface area contributed by atoms with Crippen molar-refractivity contribution in [2.24, 2.45) is 0 Å². The number of benzene rings is 1. The first-order chi connectivity index (χ1) is 9.27. The van der Waals surface area contributed by atoms with E-state index in [1.165, 1.54) is 11.8 Å². The van der Waals surface area contributed by atoms with Gasteiger partial charge in [0.2, 0.25) is 0 Å². The van der Waals surface area contributed by atoms with Crippen molar-refractivity contribution in [3.63, 3.8) is 0 Å². The van der Waals surface area contributed by atoms with Crippen molar-refractivity contribution in [1.82, 2.24) is 9.55 Å². The number of thioether (sulfide) groups is 1. The number of fused-ring (bicyclic) bond motifs is 1. The third-order valence-corrected chi connectivity index (χ3v) is 3.67. The van der Waals surface area contributed by atoms with E-state index in [4.69, 9.17) is 5.11 Å². The Morgan fingerprint density at radius 1 is 1.42 bits per heavy atom. The molecular weight excluding hydrogens is 260 g/mol. The number of hydrogen-bond donors (Lipinski definition) is 1. The third kappa shape index (κ3) is 3.05. The normalized spacial score (nSPS) is 10.8. The second kappa shape index (κ2) is 6.54. The van der Waals surface area contributed by atoms with E-state index in [1.54, 1.807) is 16.7 Å². The lowest BCUT2D eigenvalue weighted by atomic mass is 10.2. The average Bonchev–Trinajstić information content (AvgIpc) is 2.44. The van der Waals surface area contributed by atoms with E-state index in [0.717, 1.165) is 0 Å². The summed E-state index contributed by atoms with van der Waals surface area (Å²) >= 11 is 1.48. The highest BCUT2D eigenvalue weighted by molar-refractivity contribution is 7.99. The van der Waals surface area contributed by atoms with Crippen LogP contribution in [0.1, 0.15) is 6.42 Å². The van der Waals surface area contributed by atoms with E-state index in [2.05, 4.69) is 11.6 Å². The fraction of sp³-hybridized carbons (Fsp3) is 0.286. The van der Waals surface area contributed by atoms with Gasteiger partial charge in [-0.15, -0.1) is 6.58 Å². The van der Waals surface area contributed by atoms with Crippen LogP contribution in [-0.2, 0) is 6.54 Å². The largest absolute Gasteiger partial charge is 0.396 e. The van der Waals surface area contributed by atoms with Gasteiger partial charge in [0.15, 0.2) is 5.16 Å². The van der Waals surface area contributed by atoms with Crippen LogP contribution in [0.4, 0.5) is 0 Å². The molecule has 0 aliphatic rings. The van der Waals surface area contributed by atoms with Crippen molar-refractivity contribution in [1.29, 1.82) is 0 Å². The molecule has 0 saturated heterocycles. The van der Waals surface area contributed by atoms with Crippen molar-refractivity contribution in [2.75, 3.05) is 12.4 Å². The maximum atomic E-state index is 12.4. The van der Waals surface area contributed by atoms with Crippen LogP contribution < -0.4 is 5.56 Å². The van der Waals surface area contributed by atoms with Crippen molar-refractivity contribution in [3.8, 4) is 0 Å². The SMILES string of the molecule is C=CCSc1nc2ccccc2c(=O)n1CCCO. The topological polar surface area (TPSA) is 55.1 Å². The van der Waals surface area contributed by atoms with Crippen LogP contribution in [-0.4, -0.2) is 27.0 Å². The quantitative estimate of drug-likeness (QED) is 0.498. The molecule has 0 aliphatic carbocycles. The molecule has 0 amide bonds. The lowest BCUT2D eigenvalue weighted by Gasteiger charge is -2.11. The maximum Gasteiger partial charge on any atom is 0.262 e. The first kappa shape index (κ1) is 13.8. The Morgan fingerprint density at radius 2 is 2.21 bits per heavy atom. The zero-order valence-electron chi connectivity index (χ0n) is 10.6. The predicted molar refractivity (Wildman–Crippen MR) is 78.6 cm³/mol. The van der Waals surface area contributed by atoms with Crippen LogP contribution >= 0.6 is 11.8 Å². The van der Waals surface area contributed by atoms with E-state index < -0.39 is 0 Å². The Morgan fingerprint density at radius 3 is 2.95 bits per heavy atom. The number of rotatable bonds is 6. The zero-order chi connectivity index (χ0) is 13.7. The van der Waals surface area contributed by atoms with Gasteiger partial charge < -0.3 is 5.11 Å². The third-order valence-electron chi connectivity index (χ3n) is 2.70. The van der Waals surface area contributed by atoms with Crippen molar-refractivity contribution in [3.05, 3.63) is 47.3 Å². The molecule has 100 valence electrons. The van der Waals surface area contributed by atoms with Gasteiger partial charge in [0.1, 0.15) is 0 Å². The van der Waals surface area contributed by atoms with Crippen molar-refractivity contribution < 1.29 is 5.11 Å². The number of aliphatic hydroxyl groups excluding tert-OH is 1. The highest BCUT2D eigenvalue weighted by atomic mass is 32.2. The first-order valence-electron chi connectivity index (χ1n) is 6.12. The molecule has 0 radical (unpaired) electrons. The molecule has 19 heavy (non-hydrogen) atoms. The first-order valence-corrected chi connectivity index (χ1v) is 7.10. The molecule has 1 aromatic heterocycles. The Labute approximate surface area is 115 Å². The fourth-order valence-corrected chi connectivity index (χ4v) is 2.58. The predicted octanol–water partition coefficient (Wildman–Crippen LogP) is 2.06. The number of aromatic nitrogens is 2. The summed E-state index contributed by atoms with van der Waals surface area (Å²) in [5.41, 5.74) is 0.657. The van der Waals surface area contributed by atoms with Gasteiger partial charge >= 0.3 is 0 Å². The molecule has 2 aromatic rings. The lowest BCUT2D eigenvalue weighted by molar-refractivity contribution is 0.276. The van der Waals surface area contributed by atoms with Crippen LogP contribution in [0.3, 0.4) is 0 Å². The van der Waals surface area contributed by atoms with Crippen molar-refractivity contribution >= 4 is 22.7 Å². The molecule has 0 fully saturated rings. The van der Waals surface area contributed by atoms with E-state index in [-0.39, 0.29) is 12.2 Å². The monoisotopic (exact) mass is 276 g/mol. The standard InChI is InChI=1S/C14H16N2O2S/c1-2-10-19-14-15-12-7-4-3-6-11(12)13(18)16(14)8-5-9-17/h2-4,6-7,17H,1,5,8-10H2. The van der Waals surface area contributed by atoms with Gasteiger partial charge in [0.05, 0.1) is 10.9 Å². The Bertz CT molecular complexity index is 637. The Balaban J connectivity index is 2.55. The van der Waals surface area contributed by atoms with Crippen molar-refractivity contribution in [2.45, 2.75) is 18.1 Å². The summed E-state index contributed by atoms with van der Waals surface area (Å²) in [7, 11) is 0. The molecule has 1 heterocycles. The molecule has 0 bridgehead atoms. The van der Waals surface area contributed by atoms with E-state index in [0.29, 0.717) is 34.8 Å². The summed E-state index contributed by atoms with van der Waals surface area (Å²) in [6.07, 6.45) is 2.32. The molecule has 0 aliphatic heterocycles. The highest BCUT2D eigenvalue weighted by Crippen LogP contribution is 2.17. The summed E-state index contributed by atoms with van der Waals surface area (Å²) in [5, 5.41) is 10.2. The summed E-state index contributed by atoms with van der Waals surface area (Å²) in [5.74, 6) is 0.698. The number of aliphatic hydroxyl groups is 1. The van der Waals surface area contributed by atoms with E-state index >= 15 is 0 Å². The van der Waals surface area contributed by atoms with Crippen LogP contribution in [0.15, 0.2) is 46.9 Å². The summed E-state index contributed by atoms with van der Waals surface area (Å²) in [4.78, 5) is 16.9. The van der Waals surface area contributed by atoms with Gasteiger partial charge in [-0.05, 0) is 18.6 Å². The van der Waals surface area contributed by atoms with Crippen LogP contribution in [0, 0.1) is 0 Å². The molecule has 4 nitrogen and oxygen atoms in total. The molecule has 1 aromatic carbocycles. The van der Waals surface area contributed by atoms with E-state index in [1.807, 2.05) is 18.2 Å². The molecule has 0 unspecified atom stereocenters. The Hall–Kier alpha value is -1.59. The molecule has 1 N–H and O–H groups in total. The van der Waals surface area contributed by atoms with E-state index in [9.17, 15) is 4.79 Å². The lowest BCUT2D eigenvalue weighted by Crippen LogP contribution is -2.24. The minimum atomic E-state index is -0.0504. The van der Waals surface area contributed by atoms with Gasteiger partial charge in [-0.25, -0.2) is 4.98 Å². The van der Waals surface area contributed by atoms with Crippen LogP contribution in [0.25, 0.3) is 10.9 Å². The zero-order valence-corrected chi connectivity index (χ0v) is 11.4. The highest BCUT2D eigenvalue weighted by Gasteiger charge is 2.10. The van der Waals surface area contributed by atoms with Crippen LogP contribution in [0.2, 0.25) is 0 Å². The molecular formula is C14H16N2O2S. The molecule has 0 atom stereocenters. The van der Waals surface area contributed by atoms with Gasteiger partial charge in [-0.3, -0.25) is 9.36 Å². The summed E-state index contributed by atoms with van der Waals surface area (Å²) in [6, 6.07) is 7.32. The average molecular weight is 276 g/mol. The fourth-order valence-electron chi connectivity index (χ4n) is 1.82. The van der Waals surface area contributed by atoms with Gasteiger partial charge in [0.25, 0.3) is 5.56 Å². The van der Waals surface area contributed by atoms with Gasteiger partial charge in [-0.2, -0.15) is 0 Å². The second-order valence-corrected chi connectivity index (χ2v) is 5.03. The molecule has 0 spiro atoms.